The first-order valence-corrected chi connectivity index (χ1v) is 12.4. The smallest absolute Gasteiger partial charge is 0.416 e. The summed E-state index contributed by atoms with van der Waals surface area (Å²) in [6.07, 6.45) is 3.14. The summed E-state index contributed by atoms with van der Waals surface area (Å²) in [5, 5.41) is 9.07. The highest BCUT2D eigenvalue weighted by molar-refractivity contribution is 5.92. The molecule has 1 spiro atoms. The lowest BCUT2D eigenvalue weighted by molar-refractivity contribution is 0.00333. The van der Waals surface area contributed by atoms with Crippen LogP contribution in [0.2, 0.25) is 0 Å². The molecule has 0 bridgehead atoms. The molecule has 39 heavy (non-hydrogen) atoms. The van der Waals surface area contributed by atoms with Crippen LogP contribution in [0.4, 0.5) is 23.8 Å². The van der Waals surface area contributed by atoms with E-state index in [1.165, 1.54) is 29.4 Å². The zero-order valence-corrected chi connectivity index (χ0v) is 21.9. The standard InChI is InChI=1S/C27H30F3N5O4/c1-26(2,3)33-13-17(23(31)18-5-6-19(28)22(30)21(18)29)14-34-10-8-27(9-11-34)15-35(25(38)39-27)20-7-4-16(12-32-20)24(36)37/h4-7,12-13H,8-11,14-15,31H2,1-3H3,(H,36,37). The summed E-state index contributed by atoms with van der Waals surface area (Å²) in [7, 11) is 0. The van der Waals surface area contributed by atoms with Gasteiger partial charge in [0, 0.05) is 61.7 Å². The van der Waals surface area contributed by atoms with E-state index in [0.717, 1.165) is 12.1 Å². The molecule has 2 fully saturated rings. The van der Waals surface area contributed by atoms with Gasteiger partial charge in [0.25, 0.3) is 0 Å². The summed E-state index contributed by atoms with van der Waals surface area (Å²) < 4.78 is 47.7. The maximum Gasteiger partial charge on any atom is 0.416 e. The van der Waals surface area contributed by atoms with Gasteiger partial charge in [-0.25, -0.2) is 27.7 Å². The minimum atomic E-state index is -1.60. The summed E-state index contributed by atoms with van der Waals surface area (Å²) >= 11 is 0. The fourth-order valence-electron chi connectivity index (χ4n) is 4.47. The van der Waals surface area contributed by atoms with Crippen molar-refractivity contribution in [2.24, 2.45) is 10.7 Å². The molecule has 0 unspecified atom stereocenters. The van der Waals surface area contributed by atoms with Crippen molar-refractivity contribution in [3.63, 3.8) is 0 Å². The molecule has 1 amide bonds. The Morgan fingerprint density at radius 3 is 2.46 bits per heavy atom. The largest absolute Gasteiger partial charge is 0.478 e. The van der Waals surface area contributed by atoms with Gasteiger partial charge in [-0.15, -0.1) is 0 Å². The second kappa shape index (κ2) is 10.7. The molecule has 2 aliphatic heterocycles. The number of piperidine rings is 1. The van der Waals surface area contributed by atoms with Gasteiger partial charge in [-0.2, -0.15) is 0 Å². The van der Waals surface area contributed by atoms with Crippen molar-refractivity contribution in [2.75, 3.05) is 31.1 Å². The van der Waals surface area contributed by atoms with E-state index in [0.29, 0.717) is 37.3 Å². The van der Waals surface area contributed by atoms with Gasteiger partial charge in [-0.05, 0) is 45.0 Å². The number of carboxylic acids is 1. The van der Waals surface area contributed by atoms with E-state index in [1.807, 2.05) is 25.7 Å². The number of nitrogens with two attached hydrogens (primary N) is 1. The predicted octanol–water partition coefficient (Wildman–Crippen LogP) is 4.23. The van der Waals surface area contributed by atoms with E-state index in [1.54, 1.807) is 0 Å². The topological polar surface area (TPSA) is 121 Å². The van der Waals surface area contributed by atoms with Gasteiger partial charge in [0.2, 0.25) is 0 Å². The molecule has 1 aromatic carbocycles. The maximum atomic E-state index is 14.5. The van der Waals surface area contributed by atoms with Crippen molar-refractivity contribution in [3.8, 4) is 0 Å². The molecule has 0 aliphatic carbocycles. The highest BCUT2D eigenvalue weighted by atomic mass is 19.2. The number of carbonyl (C=O) groups is 2. The molecule has 3 N–H and O–H groups in total. The molecule has 0 radical (unpaired) electrons. The Kier molecular flexibility index (Phi) is 7.69. The second-order valence-electron chi connectivity index (χ2n) is 10.7. The second-order valence-corrected chi connectivity index (χ2v) is 10.7. The number of rotatable bonds is 6. The maximum absolute atomic E-state index is 14.5. The SMILES string of the molecule is CC(C)(C)N=CC(CN1CCC2(CC1)CN(c1ccc(C(=O)O)cn1)C(=O)O2)=C(N)c1ccc(F)c(F)c1F. The quantitative estimate of drug-likeness (QED) is 0.412. The summed E-state index contributed by atoms with van der Waals surface area (Å²) in [6, 6.07) is 4.76. The summed E-state index contributed by atoms with van der Waals surface area (Å²) in [5.74, 6) is -5.08. The number of hydrogen-bond donors (Lipinski definition) is 2. The number of carboxylic acid groups (broad SMARTS) is 1. The van der Waals surface area contributed by atoms with Crippen LogP contribution in [0.3, 0.4) is 0 Å². The number of nitrogens with zero attached hydrogens (tertiary/aromatic N) is 4. The number of likely N-dealkylation sites (tertiary alicyclic amines) is 1. The average Bonchev–Trinajstić information content (AvgIpc) is 3.21. The molecule has 4 rings (SSSR count). The van der Waals surface area contributed by atoms with Crippen LogP contribution in [0.25, 0.3) is 5.70 Å². The van der Waals surface area contributed by atoms with Crippen LogP contribution in [0.5, 0.6) is 0 Å². The number of benzene rings is 1. The highest BCUT2D eigenvalue weighted by Crippen LogP contribution is 2.35. The number of aromatic carboxylic acids is 1. The minimum Gasteiger partial charge on any atom is -0.478 e. The molecule has 1 aromatic heterocycles. The van der Waals surface area contributed by atoms with E-state index >= 15 is 0 Å². The minimum absolute atomic E-state index is 0.00993. The first kappa shape index (κ1) is 28.1. The fourth-order valence-corrected chi connectivity index (χ4v) is 4.47. The molecule has 3 heterocycles. The molecule has 2 saturated heterocycles. The zero-order chi connectivity index (χ0) is 28.5. The molecule has 9 nitrogen and oxygen atoms in total. The number of aliphatic imine (C=N–C) groups is 1. The Hall–Kier alpha value is -3.93. The van der Waals surface area contributed by atoms with Gasteiger partial charge < -0.3 is 15.6 Å². The summed E-state index contributed by atoms with van der Waals surface area (Å²) in [6.45, 7) is 7.17. The molecule has 0 saturated carbocycles. The van der Waals surface area contributed by atoms with Gasteiger partial charge >= 0.3 is 12.1 Å². The lowest BCUT2D eigenvalue weighted by Gasteiger charge is -2.37. The van der Waals surface area contributed by atoms with Gasteiger partial charge in [0.05, 0.1) is 17.6 Å². The van der Waals surface area contributed by atoms with Crippen LogP contribution >= 0.6 is 0 Å². The number of carbonyl (C=O) groups excluding carboxylic acids is 1. The van der Waals surface area contributed by atoms with Crippen LogP contribution < -0.4 is 10.6 Å². The van der Waals surface area contributed by atoms with Crippen molar-refractivity contribution in [1.29, 1.82) is 0 Å². The molecular formula is C27H30F3N5O4. The van der Waals surface area contributed by atoms with Gasteiger partial charge in [0.1, 0.15) is 11.4 Å². The van der Waals surface area contributed by atoms with Gasteiger partial charge in [-0.3, -0.25) is 14.8 Å². The monoisotopic (exact) mass is 545 g/mol. The lowest BCUT2D eigenvalue weighted by Crippen LogP contribution is -2.47. The van der Waals surface area contributed by atoms with Crippen LogP contribution in [-0.2, 0) is 4.74 Å². The van der Waals surface area contributed by atoms with Gasteiger partial charge in [-0.1, -0.05) is 0 Å². The van der Waals surface area contributed by atoms with Crippen molar-refractivity contribution < 1.29 is 32.6 Å². The number of ether oxygens (including phenoxy) is 1. The van der Waals surface area contributed by atoms with Crippen LogP contribution in [0.1, 0.15) is 49.5 Å². The summed E-state index contributed by atoms with van der Waals surface area (Å²) in [5.41, 5.74) is 5.22. The molecule has 0 atom stereocenters. The molecule has 12 heteroatoms. The first-order chi connectivity index (χ1) is 18.3. The number of anilines is 1. The third-order valence-electron chi connectivity index (χ3n) is 6.68. The van der Waals surface area contributed by atoms with E-state index in [2.05, 4.69) is 9.98 Å². The average molecular weight is 546 g/mol. The molecule has 2 aromatic rings. The Balaban J connectivity index is 1.50. The Morgan fingerprint density at radius 1 is 1.18 bits per heavy atom. The summed E-state index contributed by atoms with van der Waals surface area (Å²) in [4.78, 5) is 35.7. The van der Waals surface area contributed by atoms with Crippen LogP contribution in [-0.4, -0.2) is 70.6 Å². The van der Waals surface area contributed by atoms with E-state index < -0.39 is 40.7 Å². The Bertz CT molecular complexity index is 1330. The number of aromatic nitrogens is 1. The molecular weight excluding hydrogens is 515 g/mol. The third kappa shape index (κ3) is 6.22. The number of amides is 1. The van der Waals surface area contributed by atoms with Crippen LogP contribution in [0.15, 0.2) is 41.0 Å². The normalized spacial score (nSPS) is 18.5. The van der Waals surface area contributed by atoms with Crippen molar-refractivity contribution in [1.82, 2.24) is 9.88 Å². The zero-order valence-electron chi connectivity index (χ0n) is 21.9. The van der Waals surface area contributed by atoms with Crippen LogP contribution in [0, 0.1) is 17.5 Å². The van der Waals surface area contributed by atoms with Crippen molar-refractivity contribution in [3.05, 3.63) is 64.6 Å². The highest BCUT2D eigenvalue weighted by Gasteiger charge is 2.48. The number of pyridine rings is 1. The van der Waals surface area contributed by atoms with E-state index in [-0.39, 0.29) is 29.9 Å². The van der Waals surface area contributed by atoms with Crippen molar-refractivity contribution >= 4 is 29.8 Å². The van der Waals surface area contributed by atoms with Gasteiger partial charge in [0.15, 0.2) is 17.5 Å². The van der Waals surface area contributed by atoms with Crippen molar-refractivity contribution in [2.45, 2.75) is 44.8 Å². The van der Waals surface area contributed by atoms with E-state index in [4.69, 9.17) is 15.6 Å². The fraction of sp³-hybridized carbons (Fsp3) is 0.407. The first-order valence-electron chi connectivity index (χ1n) is 12.4. The molecule has 208 valence electrons. The third-order valence-corrected chi connectivity index (χ3v) is 6.68. The Morgan fingerprint density at radius 2 is 1.87 bits per heavy atom. The Labute approximate surface area is 223 Å². The number of hydrogen-bond acceptors (Lipinski definition) is 7. The van der Waals surface area contributed by atoms with E-state index in [9.17, 15) is 22.8 Å². The number of halogens is 3. The predicted molar refractivity (Wildman–Crippen MR) is 139 cm³/mol. The molecule has 2 aliphatic rings. The lowest BCUT2D eigenvalue weighted by atomic mass is 9.91.